The topological polar surface area (TPSA) is 9.23 Å². The SMILES string of the molecule is CCCCC1CCC(/C=C/C2CCC(C(F)(F)Oc3cc(F)c(-c4cc(F)c(C(F)(F)F)c(F)c4)c(F)c3)CC2)CC1. The Labute approximate surface area is 240 Å². The molecule has 2 aromatic carbocycles. The minimum Gasteiger partial charge on any atom is -0.432 e. The van der Waals surface area contributed by atoms with Crippen molar-refractivity contribution < 1.29 is 44.3 Å². The fraction of sp³-hybridized carbons (Fsp3) is 0.562. The molecule has 42 heavy (non-hydrogen) atoms. The lowest BCUT2D eigenvalue weighted by Crippen LogP contribution is -2.37. The summed E-state index contributed by atoms with van der Waals surface area (Å²) in [6, 6.07) is 1.11. The predicted octanol–water partition coefficient (Wildman–Crippen LogP) is 11.3. The maximum atomic E-state index is 15.0. The molecule has 232 valence electrons. The Bertz CT molecular complexity index is 1190. The summed E-state index contributed by atoms with van der Waals surface area (Å²) in [6.07, 6.45) is 5.16. The molecule has 0 atom stereocenters. The van der Waals surface area contributed by atoms with Gasteiger partial charge < -0.3 is 4.74 Å². The number of ether oxygens (including phenoxy) is 1. The Morgan fingerprint density at radius 3 is 1.69 bits per heavy atom. The van der Waals surface area contributed by atoms with Crippen molar-refractivity contribution in [2.45, 2.75) is 89.8 Å². The van der Waals surface area contributed by atoms with Crippen molar-refractivity contribution in [2.24, 2.45) is 23.7 Å². The van der Waals surface area contributed by atoms with E-state index in [4.69, 9.17) is 4.74 Å². The molecule has 0 aromatic heterocycles. The summed E-state index contributed by atoms with van der Waals surface area (Å²) in [6.45, 7) is 2.20. The molecule has 0 radical (unpaired) electrons. The number of rotatable bonds is 9. The van der Waals surface area contributed by atoms with E-state index in [2.05, 4.69) is 19.1 Å². The van der Waals surface area contributed by atoms with Crippen LogP contribution < -0.4 is 4.74 Å². The Morgan fingerprint density at radius 2 is 1.21 bits per heavy atom. The van der Waals surface area contributed by atoms with Gasteiger partial charge in [-0.3, -0.25) is 0 Å². The Hall–Kier alpha value is -2.65. The molecule has 0 unspecified atom stereocenters. The summed E-state index contributed by atoms with van der Waals surface area (Å²) < 4.78 is 131. The van der Waals surface area contributed by atoms with E-state index in [1.54, 1.807) is 0 Å². The zero-order valence-electron chi connectivity index (χ0n) is 23.4. The highest BCUT2D eigenvalue weighted by Gasteiger charge is 2.44. The van der Waals surface area contributed by atoms with E-state index in [9.17, 15) is 39.5 Å². The Kier molecular flexibility index (Phi) is 10.2. The van der Waals surface area contributed by atoms with Crippen molar-refractivity contribution in [1.29, 1.82) is 0 Å². The van der Waals surface area contributed by atoms with E-state index in [1.807, 2.05) is 0 Å². The van der Waals surface area contributed by atoms with Gasteiger partial charge in [0, 0.05) is 12.1 Å². The van der Waals surface area contributed by atoms with Gasteiger partial charge in [0.05, 0.1) is 11.5 Å². The largest absolute Gasteiger partial charge is 0.432 e. The Morgan fingerprint density at radius 1 is 0.714 bits per heavy atom. The van der Waals surface area contributed by atoms with Crippen LogP contribution in [0, 0.1) is 46.9 Å². The van der Waals surface area contributed by atoms with Gasteiger partial charge in [0.25, 0.3) is 0 Å². The molecule has 0 aliphatic heterocycles. The van der Waals surface area contributed by atoms with Crippen LogP contribution in [0.2, 0.25) is 0 Å². The molecule has 0 heterocycles. The lowest BCUT2D eigenvalue weighted by molar-refractivity contribution is -0.223. The van der Waals surface area contributed by atoms with Gasteiger partial charge in [0.15, 0.2) is 0 Å². The van der Waals surface area contributed by atoms with Crippen molar-refractivity contribution in [3.05, 3.63) is 65.2 Å². The summed E-state index contributed by atoms with van der Waals surface area (Å²) in [7, 11) is 0. The monoisotopic (exact) mass is 606 g/mol. The fourth-order valence-electron chi connectivity index (χ4n) is 6.24. The van der Waals surface area contributed by atoms with Crippen molar-refractivity contribution in [1.82, 2.24) is 0 Å². The third-order valence-electron chi connectivity index (χ3n) is 8.64. The second-order valence-corrected chi connectivity index (χ2v) is 11.7. The summed E-state index contributed by atoms with van der Waals surface area (Å²) >= 11 is 0. The first-order chi connectivity index (χ1) is 19.8. The second kappa shape index (κ2) is 13.3. The van der Waals surface area contributed by atoms with Gasteiger partial charge in [-0.15, -0.1) is 0 Å². The molecule has 2 aliphatic rings. The minimum absolute atomic E-state index is 0.133. The van der Waals surface area contributed by atoms with Gasteiger partial charge in [-0.2, -0.15) is 22.0 Å². The van der Waals surface area contributed by atoms with Gasteiger partial charge >= 0.3 is 12.3 Å². The van der Waals surface area contributed by atoms with E-state index in [0.29, 0.717) is 30.9 Å². The van der Waals surface area contributed by atoms with Crippen molar-refractivity contribution in [2.75, 3.05) is 0 Å². The normalized spacial score (nSPS) is 23.9. The molecule has 1 nitrogen and oxygen atoms in total. The number of benzene rings is 2. The maximum absolute atomic E-state index is 15.0. The third kappa shape index (κ3) is 7.84. The van der Waals surface area contributed by atoms with Gasteiger partial charge in [-0.05, 0) is 86.8 Å². The average molecular weight is 607 g/mol. The van der Waals surface area contributed by atoms with Crippen LogP contribution >= 0.6 is 0 Å². The van der Waals surface area contributed by atoms with E-state index in [1.165, 1.54) is 32.1 Å². The van der Waals surface area contributed by atoms with Crippen LogP contribution in [0.4, 0.5) is 39.5 Å². The molecule has 2 fully saturated rings. The van der Waals surface area contributed by atoms with E-state index in [-0.39, 0.29) is 30.9 Å². The van der Waals surface area contributed by atoms with Crippen LogP contribution in [0.3, 0.4) is 0 Å². The molecular weight excluding hydrogens is 571 g/mol. The van der Waals surface area contributed by atoms with Crippen LogP contribution in [0.1, 0.15) is 83.1 Å². The lowest BCUT2D eigenvalue weighted by atomic mass is 9.78. The molecule has 0 spiro atoms. The van der Waals surface area contributed by atoms with Crippen molar-refractivity contribution >= 4 is 0 Å². The van der Waals surface area contributed by atoms with Gasteiger partial charge in [0.2, 0.25) is 0 Å². The number of allylic oxidation sites excluding steroid dienone is 2. The maximum Gasteiger partial charge on any atom is 0.422 e. The first kappa shape index (κ1) is 32.3. The number of alkyl halides is 5. The fourth-order valence-corrected chi connectivity index (χ4v) is 6.24. The Balaban J connectivity index is 1.35. The van der Waals surface area contributed by atoms with Crippen molar-refractivity contribution in [3.63, 3.8) is 0 Å². The third-order valence-corrected chi connectivity index (χ3v) is 8.64. The molecule has 0 saturated heterocycles. The summed E-state index contributed by atoms with van der Waals surface area (Å²) in [5.74, 6) is -7.70. The lowest BCUT2D eigenvalue weighted by Gasteiger charge is -2.33. The molecule has 0 amide bonds. The number of unbranched alkanes of at least 4 members (excludes halogenated alkanes) is 1. The smallest absolute Gasteiger partial charge is 0.422 e. The molecular formula is C32H35F9O. The number of hydrogen-bond donors (Lipinski definition) is 0. The first-order valence-corrected chi connectivity index (χ1v) is 14.6. The van der Waals surface area contributed by atoms with Crippen LogP contribution in [-0.2, 0) is 6.18 Å². The molecule has 2 aromatic rings. The number of halogens is 9. The predicted molar refractivity (Wildman–Crippen MR) is 142 cm³/mol. The zero-order valence-corrected chi connectivity index (χ0v) is 23.4. The quantitative estimate of drug-likeness (QED) is 0.204. The molecule has 0 N–H and O–H groups in total. The van der Waals surface area contributed by atoms with Crippen LogP contribution in [0.5, 0.6) is 5.75 Å². The van der Waals surface area contributed by atoms with Gasteiger partial charge in [-0.1, -0.05) is 38.3 Å². The molecule has 10 heteroatoms. The first-order valence-electron chi connectivity index (χ1n) is 14.6. The highest BCUT2D eigenvalue weighted by Crippen LogP contribution is 2.43. The summed E-state index contributed by atoms with van der Waals surface area (Å²) in [5, 5.41) is 0. The highest BCUT2D eigenvalue weighted by molar-refractivity contribution is 5.66. The molecule has 2 aliphatic carbocycles. The summed E-state index contributed by atoms with van der Waals surface area (Å²) in [5.41, 5.74) is -4.14. The van der Waals surface area contributed by atoms with E-state index >= 15 is 0 Å². The van der Waals surface area contributed by atoms with Gasteiger partial charge in [-0.25, -0.2) is 17.6 Å². The molecule has 2 saturated carbocycles. The van der Waals surface area contributed by atoms with Gasteiger partial charge in [0.1, 0.15) is 34.6 Å². The standard InChI is InChI=1S/C32H35F9O/c1-2-3-4-19-5-7-20(8-6-19)9-10-21-11-13-23(14-12-21)32(40,41)42-24-17-25(33)29(26(34)18-24)22-15-27(35)30(28(36)16-22)31(37,38)39/h9-10,15-21,23H,2-8,11-14H2,1H3/b10-9+. The van der Waals surface area contributed by atoms with Crippen LogP contribution in [-0.4, -0.2) is 6.11 Å². The highest BCUT2D eigenvalue weighted by atomic mass is 19.4. The van der Waals surface area contributed by atoms with E-state index in [0.717, 1.165) is 18.8 Å². The zero-order chi connectivity index (χ0) is 30.7. The summed E-state index contributed by atoms with van der Waals surface area (Å²) in [4.78, 5) is 0. The van der Waals surface area contributed by atoms with Crippen LogP contribution in [0.25, 0.3) is 11.1 Å². The second-order valence-electron chi connectivity index (χ2n) is 11.7. The van der Waals surface area contributed by atoms with E-state index < -0.39 is 63.9 Å². The number of hydrogen-bond acceptors (Lipinski definition) is 1. The minimum atomic E-state index is -5.37. The molecule has 4 rings (SSSR count). The van der Waals surface area contributed by atoms with Crippen LogP contribution in [0.15, 0.2) is 36.4 Å². The van der Waals surface area contributed by atoms with Crippen molar-refractivity contribution in [3.8, 4) is 16.9 Å². The average Bonchev–Trinajstić information content (AvgIpc) is 2.90. The molecule has 0 bridgehead atoms.